The van der Waals surface area contributed by atoms with E-state index in [9.17, 15) is 8.78 Å². The van der Waals surface area contributed by atoms with E-state index >= 15 is 0 Å². The third-order valence-electron chi connectivity index (χ3n) is 2.78. The molecule has 0 saturated heterocycles. The zero-order valence-electron chi connectivity index (χ0n) is 10.8. The van der Waals surface area contributed by atoms with E-state index in [0.717, 1.165) is 12.1 Å². The Kier molecular flexibility index (Phi) is 4.60. The molecular weight excluding hydrogens is 222 g/mol. The van der Waals surface area contributed by atoms with E-state index in [4.69, 9.17) is 0 Å². The Morgan fingerprint density at radius 2 is 1.88 bits per heavy atom. The molecule has 1 aromatic carbocycles. The number of halogens is 2. The molecule has 0 unspecified atom stereocenters. The summed E-state index contributed by atoms with van der Waals surface area (Å²) in [5, 5.41) is 3.20. The molecule has 1 N–H and O–H groups in total. The molecule has 0 heterocycles. The van der Waals surface area contributed by atoms with Crippen molar-refractivity contribution >= 4 is 0 Å². The topological polar surface area (TPSA) is 15.3 Å². The van der Waals surface area contributed by atoms with Gasteiger partial charge in [-0.1, -0.05) is 6.07 Å². The summed E-state index contributed by atoms with van der Waals surface area (Å²) in [6.45, 7) is 5.61. The van der Waals surface area contributed by atoms with Crippen molar-refractivity contribution in [3.05, 3.63) is 35.4 Å². The van der Waals surface area contributed by atoms with Crippen LogP contribution in [-0.2, 0) is 6.54 Å². The average molecular weight is 242 g/mol. The quantitative estimate of drug-likeness (QED) is 0.853. The van der Waals surface area contributed by atoms with Gasteiger partial charge in [-0.3, -0.25) is 0 Å². The van der Waals surface area contributed by atoms with Crippen molar-refractivity contribution in [1.82, 2.24) is 10.2 Å². The Morgan fingerprint density at radius 3 is 2.41 bits per heavy atom. The first-order valence-electron chi connectivity index (χ1n) is 5.65. The average Bonchev–Trinajstić information content (AvgIpc) is 2.23. The molecule has 0 aliphatic carbocycles. The van der Waals surface area contributed by atoms with Gasteiger partial charge in [0.2, 0.25) is 0 Å². The Bertz CT molecular complexity index is 378. The molecule has 0 aliphatic heterocycles. The zero-order chi connectivity index (χ0) is 13.1. The van der Waals surface area contributed by atoms with Gasteiger partial charge in [0.25, 0.3) is 0 Å². The molecule has 0 aliphatic rings. The van der Waals surface area contributed by atoms with Gasteiger partial charge in [-0.25, -0.2) is 8.78 Å². The van der Waals surface area contributed by atoms with Crippen LogP contribution in [0.2, 0.25) is 0 Å². The van der Waals surface area contributed by atoms with Crippen molar-refractivity contribution in [3.8, 4) is 0 Å². The lowest BCUT2D eigenvalue weighted by Gasteiger charge is -2.30. The monoisotopic (exact) mass is 242 g/mol. The van der Waals surface area contributed by atoms with E-state index < -0.39 is 11.6 Å². The van der Waals surface area contributed by atoms with E-state index in [1.165, 1.54) is 12.1 Å². The number of hydrogen-bond donors (Lipinski definition) is 1. The third kappa shape index (κ3) is 4.40. The van der Waals surface area contributed by atoms with Gasteiger partial charge in [-0.15, -0.1) is 0 Å². The number of likely N-dealkylation sites (N-methyl/N-ethyl adjacent to an activating group) is 2. The highest BCUT2D eigenvalue weighted by Gasteiger charge is 2.17. The summed E-state index contributed by atoms with van der Waals surface area (Å²) < 4.78 is 25.8. The number of nitrogens with zero attached hydrogens (tertiary/aromatic N) is 1. The highest BCUT2D eigenvalue weighted by atomic mass is 19.2. The number of rotatable bonds is 5. The molecule has 0 radical (unpaired) electrons. The van der Waals surface area contributed by atoms with Crippen molar-refractivity contribution in [2.45, 2.75) is 25.9 Å². The van der Waals surface area contributed by atoms with E-state index in [1.807, 2.05) is 14.1 Å². The SMILES string of the molecule is CNC(C)(C)CN(C)Cc1ccc(F)c(F)c1. The van der Waals surface area contributed by atoms with Gasteiger partial charge in [0.1, 0.15) is 0 Å². The van der Waals surface area contributed by atoms with Gasteiger partial charge in [-0.2, -0.15) is 0 Å². The molecular formula is C13H20F2N2. The fraction of sp³-hybridized carbons (Fsp3) is 0.538. The van der Waals surface area contributed by atoms with Gasteiger partial charge >= 0.3 is 0 Å². The van der Waals surface area contributed by atoms with Gasteiger partial charge in [0, 0.05) is 18.6 Å². The molecule has 4 heteroatoms. The summed E-state index contributed by atoms with van der Waals surface area (Å²) in [5.41, 5.74) is 0.770. The summed E-state index contributed by atoms with van der Waals surface area (Å²) in [6, 6.07) is 4.03. The second-order valence-corrected chi connectivity index (χ2v) is 5.05. The molecule has 0 fully saturated rings. The van der Waals surface area contributed by atoms with Crippen LogP contribution in [0.4, 0.5) is 8.78 Å². The molecule has 0 amide bonds. The van der Waals surface area contributed by atoms with Crippen LogP contribution in [-0.4, -0.2) is 31.1 Å². The Balaban J connectivity index is 2.62. The Hall–Kier alpha value is -1.00. The fourth-order valence-corrected chi connectivity index (χ4v) is 1.76. The van der Waals surface area contributed by atoms with Crippen LogP contribution >= 0.6 is 0 Å². The Labute approximate surface area is 102 Å². The molecule has 17 heavy (non-hydrogen) atoms. The van der Waals surface area contributed by atoms with Gasteiger partial charge in [0.05, 0.1) is 0 Å². The molecule has 0 aromatic heterocycles. The maximum atomic E-state index is 13.0. The van der Waals surface area contributed by atoms with Crippen molar-refractivity contribution in [2.75, 3.05) is 20.6 Å². The normalized spacial score (nSPS) is 12.2. The minimum Gasteiger partial charge on any atom is -0.314 e. The van der Waals surface area contributed by atoms with Crippen LogP contribution in [0.25, 0.3) is 0 Å². The van der Waals surface area contributed by atoms with Gasteiger partial charge < -0.3 is 10.2 Å². The van der Waals surface area contributed by atoms with E-state index in [2.05, 4.69) is 24.1 Å². The highest BCUT2D eigenvalue weighted by Crippen LogP contribution is 2.12. The van der Waals surface area contributed by atoms with Crippen molar-refractivity contribution < 1.29 is 8.78 Å². The summed E-state index contributed by atoms with van der Waals surface area (Å²) in [6.07, 6.45) is 0. The van der Waals surface area contributed by atoms with Crippen LogP contribution < -0.4 is 5.32 Å². The fourth-order valence-electron chi connectivity index (χ4n) is 1.76. The maximum Gasteiger partial charge on any atom is 0.159 e. The van der Waals surface area contributed by atoms with Crippen LogP contribution in [0.3, 0.4) is 0 Å². The van der Waals surface area contributed by atoms with E-state index in [0.29, 0.717) is 6.54 Å². The second-order valence-electron chi connectivity index (χ2n) is 5.05. The smallest absolute Gasteiger partial charge is 0.159 e. The lowest BCUT2D eigenvalue weighted by atomic mass is 10.1. The van der Waals surface area contributed by atoms with Crippen molar-refractivity contribution in [1.29, 1.82) is 0 Å². The third-order valence-corrected chi connectivity index (χ3v) is 2.78. The molecule has 0 spiro atoms. The van der Waals surface area contributed by atoms with E-state index in [-0.39, 0.29) is 5.54 Å². The predicted molar refractivity (Wildman–Crippen MR) is 65.8 cm³/mol. The van der Waals surface area contributed by atoms with Crippen LogP contribution in [0.15, 0.2) is 18.2 Å². The van der Waals surface area contributed by atoms with Crippen molar-refractivity contribution in [2.24, 2.45) is 0 Å². The largest absolute Gasteiger partial charge is 0.314 e. The van der Waals surface area contributed by atoms with Gasteiger partial charge in [-0.05, 0) is 45.6 Å². The van der Waals surface area contributed by atoms with Crippen LogP contribution in [0, 0.1) is 11.6 Å². The number of hydrogen-bond acceptors (Lipinski definition) is 2. The predicted octanol–water partition coefficient (Wildman–Crippen LogP) is 2.39. The highest BCUT2D eigenvalue weighted by molar-refractivity contribution is 5.17. The lowest BCUT2D eigenvalue weighted by Crippen LogP contribution is -2.46. The summed E-state index contributed by atoms with van der Waals surface area (Å²) >= 11 is 0. The minimum atomic E-state index is -0.799. The molecule has 1 rings (SSSR count). The summed E-state index contributed by atoms with van der Waals surface area (Å²) in [7, 11) is 3.87. The zero-order valence-corrected chi connectivity index (χ0v) is 10.8. The second kappa shape index (κ2) is 5.56. The maximum absolute atomic E-state index is 13.0. The van der Waals surface area contributed by atoms with Gasteiger partial charge in [0.15, 0.2) is 11.6 Å². The summed E-state index contributed by atoms with van der Waals surface area (Å²) in [4.78, 5) is 2.07. The molecule has 0 bridgehead atoms. The molecule has 1 aromatic rings. The number of nitrogens with one attached hydrogen (secondary N) is 1. The first-order chi connectivity index (χ1) is 7.84. The Morgan fingerprint density at radius 1 is 1.24 bits per heavy atom. The molecule has 96 valence electrons. The number of benzene rings is 1. The summed E-state index contributed by atoms with van der Waals surface area (Å²) in [5.74, 6) is -1.59. The van der Waals surface area contributed by atoms with Crippen LogP contribution in [0.1, 0.15) is 19.4 Å². The lowest BCUT2D eigenvalue weighted by molar-refractivity contribution is 0.238. The molecule has 0 atom stereocenters. The molecule has 2 nitrogen and oxygen atoms in total. The minimum absolute atomic E-state index is 0.00662. The van der Waals surface area contributed by atoms with Crippen molar-refractivity contribution in [3.63, 3.8) is 0 Å². The van der Waals surface area contributed by atoms with Crippen LogP contribution in [0.5, 0.6) is 0 Å². The first kappa shape index (κ1) is 14.1. The van der Waals surface area contributed by atoms with E-state index in [1.54, 1.807) is 6.07 Å². The molecule has 0 saturated carbocycles. The first-order valence-corrected chi connectivity index (χ1v) is 5.65. The standard InChI is InChI=1S/C13H20F2N2/c1-13(2,16-3)9-17(4)8-10-5-6-11(14)12(15)7-10/h5-7,16H,8-9H2,1-4H3.